The normalized spacial score (nSPS) is 17.6. The first kappa shape index (κ1) is 27.0. The second-order valence-electron chi connectivity index (χ2n) is 6.44. The van der Waals surface area contributed by atoms with Gasteiger partial charge in [0.2, 0.25) is 0 Å². The molecule has 3 atom stereocenters. The molecular weight excluding hydrogens is 362 g/mol. The third-order valence-electron chi connectivity index (χ3n) is 3.39. The fourth-order valence-electron chi connectivity index (χ4n) is 1.91. The summed E-state index contributed by atoms with van der Waals surface area (Å²) in [5, 5.41) is 35.8. The van der Waals surface area contributed by atoms with E-state index in [1.165, 1.54) is 0 Å². The average molecular weight is 393 g/mol. The Hall–Kier alpha value is -2.24. The Kier molecular flexibility index (Phi) is 14.9. The average Bonchev–Trinajstić information content (AvgIpc) is 3.07. The number of aliphatic carboxylic acids is 4. The highest BCUT2D eigenvalue weighted by Crippen LogP contribution is 2.03. The lowest BCUT2D eigenvalue weighted by Gasteiger charge is -2.07. The first-order valence-corrected chi connectivity index (χ1v) is 8.53. The second kappa shape index (κ2) is 14.9. The molecule has 2 unspecified atom stereocenters. The highest BCUT2D eigenvalue weighted by molar-refractivity contribution is 5.75. The van der Waals surface area contributed by atoms with Crippen LogP contribution in [0.2, 0.25) is 0 Å². The molecule has 1 heterocycles. The van der Waals surface area contributed by atoms with Crippen LogP contribution in [0.4, 0.5) is 0 Å². The van der Waals surface area contributed by atoms with Gasteiger partial charge in [0, 0.05) is 6.42 Å². The van der Waals surface area contributed by atoms with E-state index in [9.17, 15) is 19.2 Å². The number of hydrogen-bond acceptors (Lipinski definition) is 7. The van der Waals surface area contributed by atoms with Crippen LogP contribution in [0.15, 0.2) is 0 Å². The van der Waals surface area contributed by atoms with Crippen LogP contribution in [-0.4, -0.2) is 69.0 Å². The SMILES string of the molecule is CC(C)CC(N)C(=O)O.NC(CCC(=O)O)C(=O)O.O=C(O)[C@@H]1CCCN1. The summed E-state index contributed by atoms with van der Waals surface area (Å²) in [7, 11) is 0. The number of nitrogens with two attached hydrogens (primary N) is 2. The molecule has 1 aliphatic rings. The van der Waals surface area contributed by atoms with E-state index in [4.69, 9.17) is 31.9 Å². The van der Waals surface area contributed by atoms with Crippen LogP contribution in [0.5, 0.6) is 0 Å². The van der Waals surface area contributed by atoms with Gasteiger partial charge < -0.3 is 37.2 Å². The molecule has 0 radical (unpaired) electrons. The van der Waals surface area contributed by atoms with Crippen molar-refractivity contribution in [3.05, 3.63) is 0 Å². The molecule has 11 nitrogen and oxygen atoms in total. The van der Waals surface area contributed by atoms with E-state index in [0.717, 1.165) is 19.4 Å². The molecule has 0 aromatic carbocycles. The van der Waals surface area contributed by atoms with E-state index in [1.54, 1.807) is 0 Å². The standard InChI is InChI=1S/C6H13NO2.C5H9NO4.C5H9NO2/c1-4(2)3-5(7)6(8)9;6-3(5(9)10)1-2-4(7)8;7-5(8)4-2-1-3-6-4/h4-5H,3,7H2,1-2H3,(H,8,9);3H,1-2,6H2,(H,7,8)(H,9,10);4,6H,1-3H2,(H,7,8)/t;;4-/m..0/s1. The van der Waals surface area contributed by atoms with Crippen LogP contribution in [0, 0.1) is 5.92 Å². The van der Waals surface area contributed by atoms with Crippen molar-refractivity contribution in [3.63, 3.8) is 0 Å². The molecule has 0 spiro atoms. The van der Waals surface area contributed by atoms with Gasteiger partial charge in [-0.05, 0) is 38.1 Å². The number of rotatable bonds is 8. The molecular formula is C16H31N3O8. The topological polar surface area (TPSA) is 213 Å². The minimum absolute atomic E-state index is 0.0231. The Morgan fingerprint density at radius 2 is 1.52 bits per heavy atom. The molecule has 27 heavy (non-hydrogen) atoms. The zero-order valence-corrected chi connectivity index (χ0v) is 15.6. The summed E-state index contributed by atoms with van der Waals surface area (Å²) >= 11 is 0. The summed E-state index contributed by atoms with van der Waals surface area (Å²) in [4.78, 5) is 40.1. The van der Waals surface area contributed by atoms with Gasteiger partial charge in [-0.25, -0.2) is 0 Å². The third kappa shape index (κ3) is 17.0. The largest absolute Gasteiger partial charge is 0.481 e. The quantitative estimate of drug-likeness (QED) is 0.280. The number of hydrogen-bond donors (Lipinski definition) is 7. The minimum atomic E-state index is -1.17. The molecule has 1 saturated heterocycles. The molecule has 0 amide bonds. The molecule has 11 heteroatoms. The second-order valence-corrected chi connectivity index (χ2v) is 6.44. The van der Waals surface area contributed by atoms with Crippen molar-refractivity contribution in [1.29, 1.82) is 0 Å². The molecule has 0 aliphatic carbocycles. The Balaban J connectivity index is 0. The maximum absolute atomic E-state index is 10.1. The predicted octanol–water partition coefficient (Wildman–Crippen LogP) is -0.469. The van der Waals surface area contributed by atoms with E-state index in [0.29, 0.717) is 12.3 Å². The van der Waals surface area contributed by atoms with Gasteiger partial charge in [-0.15, -0.1) is 0 Å². The molecule has 0 bridgehead atoms. The van der Waals surface area contributed by atoms with Crippen molar-refractivity contribution in [1.82, 2.24) is 5.32 Å². The summed E-state index contributed by atoms with van der Waals surface area (Å²) in [6, 6.07) is -2.02. The van der Waals surface area contributed by atoms with Crippen LogP contribution in [0.25, 0.3) is 0 Å². The first-order chi connectivity index (χ1) is 12.4. The highest BCUT2D eigenvalue weighted by atomic mass is 16.4. The summed E-state index contributed by atoms with van der Waals surface area (Å²) in [6.45, 7) is 4.75. The number of carboxylic acid groups (broad SMARTS) is 4. The lowest BCUT2D eigenvalue weighted by molar-refractivity contribution is -0.141. The lowest BCUT2D eigenvalue weighted by Crippen LogP contribution is -2.31. The van der Waals surface area contributed by atoms with E-state index in [2.05, 4.69) is 5.32 Å². The van der Waals surface area contributed by atoms with Crippen molar-refractivity contribution in [3.8, 4) is 0 Å². The number of carboxylic acids is 4. The van der Waals surface area contributed by atoms with Crippen LogP contribution < -0.4 is 16.8 Å². The van der Waals surface area contributed by atoms with E-state index < -0.39 is 36.0 Å². The highest BCUT2D eigenvalue weighted by Gasteiger charge is 2.20. The number of carbonyl (C=O) groups is 4. The fraction of sp³-hybridized carbons (Fsp3) is 0.750. The van der Waals surface area contributed by atoms with Gasteiger partial charge in [0.25, 0.3) is 0 Å². The zero-order valence-electron chi connectivity index (χ0n) is 15.6. The third-order valence-corrected chi connectivity index (χ3v) is 3.39. The van der Waals surface area contributed by atoms with Crippen molar-refractivity contribution in [2.45, 2.75) is 64.1 Å². The van der Waals surface area contributed by atoms with Gasteiger partial charge in [0.15, 0.2) is 0 Å². The van der Waals surface area contributed by atoms with Gasteiger partial charge in [-0.3, -0.25) is 19.2 Å². The minimum Gasteiger partial charge on any atom is -0.481 e. The fourth-order valence-corrected chi connectivity index (χ4v) is 1.91. The van der Waals surface area contributed by atoms with E-state index >= 15 is 0 Å². The molecule has 0 aromatic heterocycles. The van der Waals surface area contributed by atoms with Gasteiger partial charge in [-0.2, -0.15) is 0 Å². The molecule has 0 saturated carbocycles. The maximum atomic E-state index is 10.1. The van der Waals surface area contributed by atoms with E-state index in [-0.39, 0.29) is 18.9 Å². The van der Waals surface area contributed by atoms with E-state index in [1.807, 2.05) is 13.8 Å². The predicted molar refractivity (Wildman–Crippen MR) is 96.2 cm³/mol. The summed E-state index contributed by atoms with van der Waals surface area (Å²) in [5.74, 6) is -3.47. The summed E-state index contributed by atoms with van der Waals surface area (Å²) < 4.78 is 0. The lowest BCUT2D eigenvalue weighted by atomic mass is 10.1. The molecule has 9 N–H and O–H groups in total. The Labute approximate surface area is 157 Å². The maximum Gasteiger partial charge on any atom is 0.320 e. The van der Waals surface area contributed by atoms with Gasteiger partial charge in [-0.1, -0.05) is 13.8 Å². The number of nitrogens with one attached hydrogen (secondary N) is 1. The van der Waals surface area contributed by atoms with Gasteiger partial charge in [0.05, 0.1) is 0 Å². The monoisotopic (exact) mass is 393 g/mol. The molecule has 158 valence electrons. The Morgan fingerprint density at radius 1 is 1.00 bits per heavy atom. The van der Waals surface area contributed by atoms with Crippen molar-refractivity contribution in [2.75, 3.05) is 6.54 Å². The van der Waals surface area contributed by atoms with Crippen LogP contribution in [-0.2, 0) is 19.2 Å². The molecule has 1 rings (SSSR count). The Morgan fingerprint density at radius 3 is 1.74 bits per heavy atom. The smallest absolute Gasteiger partial charge is 0.320 e. The van der Waals surface area contributed by atoms with Crippen molar-refractivity contribution < 1.29 is 39.6 Å². The zero-order chi connectivity index (χ0) is 21.6. The summed E-state index contributed by atoms with van der Waals surface area (Å²) in [6.07, 6.45) is 2.11. The molecule has 1 aliphatic heterocycles. The van der Waals surface area contributed by atoms with Gasteiger partial charge in [0.1, 0.15) is 18.1 Å². The van der Waals surface area contributed by atoms with Crippen molar-refractivity contribution >= 4 is 23.9 Å². The molecule has 1 fully saturated rings. The first-order valence-electron chi connectivity index (χ1n) is 8.53. The van der Waals surface area contributed by atoms with Gasteiger partial charge >= 0.3 is 23.9 Å². The van der Waals surface area contributed by atoms with Crippen LogP contribution >= 0.6 is 0 Å². The Bertz CT molecular complexity index is 478. The molecule has 0 aromatic rings. The summed E-state index contributed by atoms with van der Waals surface area (Å²) in [5.41, 5.74) is 10.2. The van der Waals surface area contributed by atoms with Crippen LogP contribution in [0.3, 0.4) is 0 Å². The van der Waals surface area contributed by atoms with Crippen molar-refractivity contribution in [2.24, 2.45) is 17.4 Å². The van der Waals surface area contributed by atoms with Crippen LogP contribution in [0.1, 0.15) is 46.0 Å².